The molecule has 26 heavy (non-hydrogen) atoms. The predicted molar refractivity (Wildman–Crippen MR) is 97.9 cm³/mol. The fourth-order valence-corrected chi connectivity index (χ4v) is 2.37. The van der Waals surface area contributed by atoms with Gasteiger partial charge in [-0.3, -0.25) is 0 Å². The van der Waals surface area contributed by atoms with Gasteiger partial charge in [0.1, 0.15) is 18.7 Å². The molecule has 0 aliphatic carbocycles. The lowest BCUT2D eigenvalue weighted by atomic mass is 10.2. The van der Waals surface area contributed by atoms with Gasteiger partial charge < -0.3 is 15.4 Å². The molecule has 0 atom stereocenters. The number of ether oxygens (including phenoxy) is 1. The van der Waals surface area contributed by atoms with E-state index in [1.807, 2.05) is 19.1 Å². The van der Waals surface area contributed by atoms with Crippen molar-refractivity contribution < 1.29 is 9.53 Å². The maximum absolute atomic E-state index is 12.0. The van der Waals surface area contributed by atoms with Crippen LogP contribution < -0.4 is 15.4 Å². The molecule has 134 valence electrons. The van der Waals surface area contributed by atoms with E-state index in [0.29, 0.717) is 29.6 Å². The Morgan fingerprint density at radius 2 is 2.04 bits per heavy atom. The SMILES string of the molecule is Cc1ccc(NC(=O)NCCOc2ccc(Cl)cc2)cc1-n1cnnn1. The first-order valence-corrected chi connectivity index (χ1v) is 8.27. The van der Waals surface area contributed by atoms with Crippen LogP contribution in [0.5, 0.6) is 5.75 Å². The van der Waals surface area contributed by atoms with Crippen LogP contribution in [0, 0.1) is 6.92 Å². The van der Waals surface area contributed by atoms with Crippen LogP contribution in [0.3, 0.4) is 0 Å². The number of carbonyl (C=O) groups is 1. The van der Waals surface area contributed by atoms with Crippen LogP contribution in [0.15, 0.2) is 48.8 Å². The van der Waals surface area contributed by atoms with Gasteiger partial charge in [0.2, 0.25) is 0 Å². The average molecular weight is 373 g/mol. The first-order valence-electron chi connectivity index (χ1n) is 7.89. The minimum atomic E-state index is -0.323. The van der Waals surface area contributed by atoms with Gasteiger partial charge in [0, 0.05) is 10.7 Å². The second-order valence-electron chi connectivity index (χ2n) is 5.44. The minimum absolute atomic E-state index is 0.323. The van der Waals surface area contributed by atoms with Gasteiger partial charge >= 0.3 is 6.03 Å². The Balaban J connectivity index is 1.49. The molecule has 0 bridgehead atoms. The van der Waals surface area contributed by atoms with Crippen molar-refractivity contribution in [1.82, 2.24) is 25.5 Å². The highest BCUT2D eigenvalue weighted by Crippen LogP contribution is 2.18. The number of urea groups is 1. The van der Waals surface area contributed by atoms with Crippen LogP contribution >= 0.6 is 11.6 Å². The molecule has 8 nitrogen and oxygen atoms in total. The van der Waals surface area contributed by atoms with Crippen molar-refractivity contribution in [2.24, 2.45) is 0 Å². The van der Waals surface area contributed by atoms with Gasteiger partial charge in [-0.2, -0.15) is 0 Å². The van der Waals surface area contributed by atoms with Crippen molar-refractivity contribution in [1.29, 1.82) is 0 Å². The molecule has 0 aliphatic rings. The number of anilines is 1. The lowest BCUT2D eigenvalue weighted by molar-refractivity contribution is 0.247. The quantitative estimate of drug-likeness (QED) is 0.649. The molecule has 2 amide bonds. The number of halogens is 1. The van der Waals surface area contributed by atoms with E-state index >= 15 is 0 Å². The summed E-state index contributed by atoms with van der Waals surface area (Å²) in [6.45, 7) is 2.65. The molecular formula is C17H17ClN6O2. The van der Waals surface area contributed by atoms with Crippen LogP contribution in [0.25, 0.3) is 5.69 Å². The number of hydrogen-bond acceptors (Lipinski definition) is 5. The number of benzene rings is 2. The van der Waals surface area contributed by atoms with Crippen molar-refractivity contribution >= 4 is 23.3 Å². The van der Waals surface area contributed by atoms with Crippen LogP contribution in [0.4, 0.5) is 10.5 Å². The van der Waals surface area contributed by atoms with Crippen molar-refractivity contribution in [3.05, 3.63) is 59.4 Å². The minimum Gasteiger partial charge on any atom is -0.492 e. The largest absolute Gasteiger partial charge is 0.492 e. The number of nitrogens with zero attached hydrogens (tertiary/aromatic N) is 4. The van der Waals surface area contributed by atoms with Crippen molar-refractivity contribution in [2.75, 3.05) is 18.5 Å². The summed E-state index contributed by atoms with van der Waals surface area (Å²) in [6, 6.07) is 12.2. The molecule has 2 aromatic carbocycles. The summed E-state index contributed by atoms with van der Waals surface area (Å²) in [5, 5.41) is 17.3. The molecule has 1 heterocycles. The standard InChI is InChI=1S/C17H17ClN6O2/c1-12-2-5-14(10-16(12)24-11-20-22-23-24)21-17(25)19-8-9-26-15-6-3-13(18)4-7-15/h2-7,10-11H,8-9H2,1H3,(H2,19,21,25). The Bertz CT molecular complexity index is 867. The third-order valence-electron chi connectivity index (χ3n) is 3.53. The number of aromatic nitrogens is 4. The van der Waals surface area contributed by atoms with Gasteiger partial charge in [-0.15, -0.1) is 5.10 Å². The fraction of sp³-hybridized carbons (Fsp3) is 0.176. The monoisotopic (exact) mass is 372 g/mol. The zero-order valence-corrected chi connectivity index (χ0v) is 14.8. The number of tetrazole rings is 1. The summed E-state index contributed by atoms with van der Waals surface area (Å²) in [7, 11) is 0. The van der Waals surface area contributed by atoms with Gasteiger partial charge in [-0.25, -0.2) is 9.48 Å². The second-order valence-corrected chi connectivity index (χ2v) is 5.88. The normalized spacial score (nSPS) is 10.4. The van der Waals surface area contributed by atoms with E-state index in [4.69, 9.17) is 16.3 Å². The number of amides is 2. The topological polar surface area (TPSA) is 94.0 Å². The highest BCUT2D eigenvalue weighted by molar-refractivity contribution is 6.30. The number of rotatable bonds is 6. The highest BCUT2D eigenvalue weighted by atomic mass is 35.5. The molecule has 9 heteroatoms. The number of aryl methyl sites for hydroxylation is 1. The molecule has 0 radical (unpaired) electrons. The first kappa shape index (κ1) is 17.7. The molecular weight excluding hydrogens is 356 g/mol. The zero-order chi connectivity index (χ0) is 18.4. The summed E-state index contributed by atoms with van der Waals surface area (Å²) in [5.74, 6) is 0.696. The van der Waals surface area contributed by atoms with E-state index in [9.17, 15) is 4.79 Å². The Kier molecular flexibility index (Phi) is 5.65. The summed E-state index contributed by atoms with van der Waals surface area (Å²) in [5.41, 5.74) is 2.41. The van der Waals surface area contributed by atoms with Gasteiger partial charge in [0.25, 0.3) is 0 Å². The predicted octanol–water partition coefficient (Wildman–Crippen LogP) is 2.82. The van der Waals surface area contributed by atoms with Gasteiger partial charge in [0.05, 0.1) is 12.2 Å². The average Bonchev–Trinajstić information content (AvgIpc) is 3.16. The molecule has 0 aliphatic heterocycles. The zero-order valence-electron chi connectivity index (χ0n) is 14.0. The van der Waals surface area contributed by atoms with Crippen molar-refractivity contribution in [2.45, 2.75) is 6.92 Å². The molecule has 1 aromatic heterocycles. The molecule has 0 unspecified atom stereocenters. The Hall–Kier alpha value is -3.13. The van der Waals surface area contributed by atoms with E-state index < -0.39 is 0 Å². The second kappa shape index (κ2) is 8.30. The third-order valence-corrected chi connectivity index (χ3v) is 3.78. The smallest absolute Gasteiger partial charge is 0.319 e. The van der Waals surface area contributed by atoms with Gasteiger partial charge in [0.15, 0.2) is 0 Å². The van der Waals surface area contributed by atoms with E-state index in [-0.39, 0.29) is 6.03 Å². The van der Waals surface area contributed by atoms with Gasteiger partial charge in [-0.1, -0.05) is 17.7 Å². The van der Waals surface area contributed by atoms with E-state index in [2.05, 4.69) is 26.2 Å². The molecule has 3 rings (SSSR count). The number of nitrogens with one attached hydrogen (secondary N) is 2. The lowest BCUT2D eigenvalue weighted by Crippen LogP contribution is -2.32. The Labute approximate surface area is 155 Å². The number of hydrogen-bond donors (Lipinski definition) is 2. The van der Waals surface area contributed by atoms with Crippen LogP contribution in [-0.4, -0.2) is 39.4 Å². The van der Waals surface area contributed by atoms with E-state index in [0.717, 1.165) is 11.3 Å². The first-order chi connectivity index (χ1) is 12.6. The molecule has 3 aromatic rings. The summed E-state index contributed by atoms with van der Waals surface area (Å²) in [4.78, 5) is 12.0. The molecule has 0 saturated carbocycles. The van der Waals surface area contributed by atoms with Gasteiger partial charge in [-0.05, 0) is 59.3 Å². The Morgan fingerprint density at radius 1 is 1.23 bits per heavy atom. The highest BCUT2D eigenvalue weighted by Gasteiger charge is 2.07. The fourth-order valence-electron chi connectivity index (χ4n) is 2.25. The summed E-state index contributed by atoms with van der Waals surface area (Å²) in [6.07, 6.45) is 1.50. The molecule has 0 fully saturated rings. The molecule has 0 spiro atoms. The summed E-state index contributed by atoms with van der Waals surface area (Å²) >= 11 is 5.81. The van der Waals surface area contributed by atoms with Crippen molar-refractivity contribution in [3.8, 4) is 11.4 Å². The summed E-state index contributed by atoms with van der Waals surface area (Å²) < 4.78 is 7.06. The van der Waals surface area contributed by atoms with Crippen molar-refractivity contribution in [3.63, 3.8) is 0 Å². The van der Waals surface area contributed by atoms with Crippen LogP contribution in [-0.2, 0) is 0 Å². The maximum atomic E-state index is 12.0. The molecule has 2 N–H and O–H groups in total. The third kappa shape index (κ3) is 4.70. The van der Waals surface area contributed by atoms with Crippen LogP contribution in [0.1, 0.15) is 5.56 Å². The molecule has 0 saturated heterocycles. The van der Waals surface area contributed by atoms with E-state index in [1.165, 1.54) is 6.33 Å². The lowest BCUT2D eigenvalue weighted by Gasteiger charge is -2.11. The van der Waals surface area contributed by atoms with E-state index in [1.54, 1.807) is 35.0 Å². The number of carbonyl (C=O) groups excluding carboxylic acids is 1. The maximum Gasteiger partial charge on any atom is 0.319 e. The van der Waals surface area contributed by atoms with Crippen LogP contribution in [0.2, 0.25) is 5.02 Å². The Morgan fingerprint density at radius 3 is 2.77 bits per heavy atom.